The molecule has 4 heteroatoms. The van der Waals surface area contributed by atoms with Crippen LogP contribution in [-0.4, -0.2) is 16.3 Å². The smallest absolute Gasteiger partial charge is 0.150 e. The van der Waals surface area contributed by atoms with E-state index >= 15 is 0 Å². The highest BCUT2D eigenvalue weighted by atomic mass is 32.1. The quantitative estimate of drug-likeness (QED) is 0.685. The van der Waals surface area contributed by atoms with E-state index in [0.717, 1.165) is 28.0 Å². The largest absolute Gasteiger partial charge is 0.337 e. The molecule has 16 heavy (non-hydrogen) atoms. The summed E-state index contributed by atoms with van der Waals surface area (Å²) < 4.78 is 0. The van der Waals surface area contributed by atoms with Crippen LogP contribution < -0.4 is 0 Å². The molecule has 0 saturated heterocycles. The molecule has 0 aliphatic heterocycles. The zero-order chi connectivity index (χ0) is 11.0. The highest BCUT2D eigenvalue weighted by Gasteiger charge is 2.06. The number of H-pyrrole nitrogens is 1. The summed E-state index contributed by atoms with van der Waals surface area (Å²) in [5, 5.41) is 2.01. The van der Waals surface area contributed by atoms with Crippen LogP contribution in [-0.2, 0) is 0 Å². The first-order valence-electron chi connectivity index (χ1n) is 4.85. The number of benzene rings is 1. The molecule has 1 aromatic carbocycles. The Kier molecular flexibility index (Phi) is 2.08. The number of carbonyl (C=O) groups excluding carboxylic acids is 1. The van der Waals surface area contributed by atoms with Gasteiger partial charge >= 0.3 is 0 Å². The van der Waals surface area contributed by atoms with Gasteiger partial charge in [-0.25, -0.2) is 4.98 Å². The Morgan fingerprint density at radius 2 is 2.25 bits per heavy atom. The molecule has 2 aromatic heterocycles. The van der Waals surface area contributed by atoms with Crippen LogP contribution in [0.15, 0.2) is 35.7 Å². The lowest BCUT2D eigenvalue weighted by Crippen LogP contribution is -1.77. The van der Waals surface area contributed by atoms with Gasteiger partial charge < -0.3 is 4.98 Å². The summed E-state index contributed by atoms with van der Waals surface area (Å²) in [6, 6.07) is 9.44. The Morgan fingerprint density at radius 1 is 1.31 bits per heavy atom. The Labute approximate surface area is 95.8 Å². The third kappa shape index (κ3) is 1.44. The predicted molar refractivity (Wildman–Crippen MR) is 64.8 cm³/mol. The molecule has 3 rings (SSSR count). The van der Waals surface area contributed by atoms with Crippen LogP contribution in [0.2, 0.25) is 0 Å². The first-order chi connectivity index (χ1) is 7.86. The van der Waals surface area contributed by atoms with Crippen LogP contribution in [0, 0.1) is 0 Å². The number of aromatic nitrogens is 2. The number of thiophene rings is 1. The number of aldehydes is 1. The van der Waals surface area contributed by atoms with Crippen molar-refractivity contribution in [2.45, 2.75) is 0 Å². The van der Waals surface area contributed by atoms with Crippen LogP contribution in [0.5, 0.6) is 0 Å². The minimum Gasteiger partial charge on any atom is -0.337 e. The monoisotopic (exact) mass is 228 g/mol. The van der Waals surface area contributed by atoms with Crippen molar-refractivity contribution in [1.82, 2.24) is 9.97 Å². The first kappa shape index (κ1) is 9.30. The SMILES string of the molecule is O=Cc1ccc2nc(-c3cccs3)[nH]c2c1. The zero-order valence-electron chi connectivity index (χ0n) is 8.31. The van der Waals surface area contributed by atoms with E-state index in [-0.39, 0.29) is 0 Å². The summed E-state index contributed by atoms with van der Waals surface area (Å²) in [6.07, 6.45) is 0.838. The molecular formula is C12H8N2OS. The van der Waals surface area contributed by atoms with Crippen LogP contribution in [0.3, 0.4) is 0 Å². The molecule has 0 aliphatic carbocycles. The van der Waals surface area contributed by atoms with Crippen molar-refractivity contribution in [2.75, 3.05) is 0 Å². The van der Waals surface area contributed by atoms with Gasteiger partial charge in [-0.05, 0) is 29.6 Å². The highest BCUT2D eigenvalue weighted by molar-refractivity contribution is 7.13. The average molecular weight is 228 g/mol. The maximum atomic E-state index is 10.7. The molecule has 2 heterocycles. The molecular weight excluding hydrogens is 220 g/mol. The zero-order valence-corrected chi connectivity index (χ0v) is 9.12. The Hall–Kier alpha value is -1.94. The fourth-order valence-electron chi connectivity index (χ4n) is 1.63. The number of rotatable bonds is 2. The molecule has 0 unspecified atom stereocenters. The van der Waals surface area contributed by atoms with Gasteiger partial charge in [-0.2, -0.15) is 0 Å². The van der Waals surface area contributed by atoms with E-state index in [9.17, 15) is 4.79 Å². The van der Waals surface area contributed by atoms with Crippen molar-refractivity contribution in [2.24, 2.45) is 0 Å². The van der Waals surface area contributed by atoms with Gasteiger partial charge in [-0.15, -0.1) is 11.3 Å². The minimum absolute atomic E-state index is 0.661. The topological polar surface area (TPSA) is 45.8 Å². The number of aromatic amines is 1. The van der Waals surface area contributed by atoms with Crippen molar-refractivity contribution >= 4 is 28.7 Å². The van der Waals surface area contributed by atoms with E-state index in [1.165, 1.54) is 0 Å². The summed E-state index contributed by atoms with van der Waals surface area (Å²) in [5.74, 6) is 0.855. The van der Waals surface area contributed by atoms with Crippen molar-refractivity contribution in [3.8, 4) is 10.7 Å². The molecule has 0 fully saturated rings. The lowest BCUT2D eigenvalue weighted by Gasteiger charge is -1.88. The van der Waals surface area contributed by atoms with Gasteiger partial charge in [0.1, 0.15) is 12.1 Å². The van der Waals surface area contributed by atoms with E-state index in [2.05, 4.69) is 9.97 Å². The maximum absolute atomic E-state index is 10.7. The predicted octanol–water partition coefficient (Wildman–Crippen LogP) is 3.10. The second kappa shape index (κ2) is 3.57. The minimum atomic E-state index is 0.661. The van der Waals surface area contributed by atoms with Gasteiger partial charge in [0, 0.05) is 5.56 Å². The fourth-order valence-corrected chi connectivity index (χ4v) is 2.30. The standard InChI is InChI=1S/C12H8N2OS/c15-7-8-3-4-9-10(6-8)14-12(13-9)11-2-1-5-16-11/h1-7H,(H,13,14). The molecule has 0 bridgehead atoms. The Bertz CT molecular complexity index is 640. The molecule has 3 aromatic rings. The van der Waals surface area contributed by atoms with E-state index in [4.69, 9.17) is 0 Å². The summed E-state index contributed by atoms with van der Waals surface area (Å²) in [4.78, 5) is 19.4. The molecule has 0 atom stereocenters. The second-order valence-corrected chi connectivity index (χ2v) is 4.40. The number of nitrogens with zero attached hydrogens (tertiary/aromatic N) is 1. The summed E-state index contributed by atoms with van der Waals surface area (Å²) in [6.45, 7) is 0. The molecule has 3 nitrogen and oxygen atoms in total. The number of carbonyl (C=O) groups is 1. The van der Waals surface area contributed by atoms with Gasteiger partial charge in [0.25, 0.3) is 0 Å². The van der Waals surface area contributed by atoms with E-state index in [1.54, 1.807) is 17.4 Å². The molecule has 1 N–H and O–H groups in total. The van der Waals surface area contributed by atoms with Gasteiger partial charge in [-0.3, -0.25) is 4.79 Å². The van der Waals surface area contributed by atoms with Gasteiger partial charge in [0.2, 0.25) is 0 Å². The lowest BCUT2D eigenvalue weighted by atomic mass is 10.2. The van der Waals surface area contributed by atoms with Crippen LogP contribution >= 0.6 is 11.3 Å². The van der Waals surface area contributed by atoms with E-state index in [1.807, 2.05) is 29.6 Å². The number of hydrogen-bond donors (Lipinski definition) is 1. The van der Waals surface area contributed by atoms with Crippen molar-refractivity contribution in [3.63, 3.8) is 0 Å². The van der Waals surface area contributed by atoms with Crippen molar-refractivity contribution in [3.05, 3.63) is 41.3 Å². The van der Waals surface area contributed by atoms with Crippen molar-refractivity contribution in [1.29, 1.82) is 0 Å². The number of nitrogens with one attached hydrogen (secondary N) is 1. The van der Waals surface area contributed by atoms with E-state index < -0.39 is 0 Å². The summed E-state index contributed by atoms with van der Waals surface area (Å²) in [5.41, 5.74) is 2.44. The van der Waals surface area contributed by atoms with Crippen LogP contribution in [0.4, 0.5) is 0 Å². The van der Waals surface area contributed by atoms with Gasteiger partial charge in [0.05, 0.1) is 15.9 Å². The molecule has 78 valence electrons. The maximum Gasteiger partial charge on any atom is 0.150 e. The fraction of sp³-hybridized carbons (Fsp3) is 0. The van der Waals surface area contributed by atoms with E-state index in [0.29, 0.717) is 5.56 Å². The summed E-state index contributed by atoms with van der Waals surface area (Å²) >= 11 is 1.64. The normalized spacial score (nSPS) is 10.8. The molecule has 0 radical (unpaired) electrons. The number of fused-ring (bicyclic) bond motifs is 1. The Morgan fingerprint density at radius 3 is 3.00 bits per heavy atom. The Balaban J connectivity index is 2.19. The third-order valence-electron chi connectivity index (χ3n) is 2.40. The number of hydrogen-bond acceptors (Lipinski definition) is 3. The number of imidazole rings is 1. The third-order valence-corrected chi connectivity index (χ3v) is 3.27. The molecule has 0 amide bonds. The van der Waals surface area contributed by atoms with Crippen molar-refractivity contribution < 1.29 is 4.79 Å². The van der Waals surface area contributed by atoms with Gasteiger partial charge in [0.15, 0.2) is 0 Å². The summed E-state index contributed by atoms with van der Waals surface area (Å²) in [7, 11) is 0. The van der Waals surface area contributed by atoms with Gasteiger partial charge in [-0.1, -0.05) is 6.07 Å². The molecule has 0 saturated carbocycles. The molecule has 0 aliphatic rings. The first-order valence-corrected chi connectivity index (χ1v) is 5.73. The highest BCUT2D eigenvalue weighted by Crippen LogP contribution is 2.24. The average Bonchev–Trinajstić information content (AvgIpc) is 2.96. The molecule has 0 spiro atoms. The van der Waals surface area contributed by atoms with Crippen LogP contribution in [0.1, 0.15) is 10.4 Å². The van der Waals surface area contributed by atoms with Crippen LogP contribution in [0.25, 0.3) is 21.7 Å². The lowest BCUT2D eigenvalue weighted by molar-refractivity contribution is 0.112. The second-order valence-electron chi connectivity index (χ2n) is 3.46.